The maximum absolute atomic E-state index is 11.7. The van der Waals surface area contributed by atoms with Gasteiger partial charge in [-0.25, -0.2) is 0 Å². The smallest absolute Gasteiger partial charge is 0.221 e. The Morgan fingerprint density at radius 1 is 1.00 bits per heavy atom. The zero-order chi connectivity index (χ0) is 13.8. The number of likely N-dealkylation sites (tertiary alicyclic amines) is 1. The van der Waals surface area contributed by atoms with E-state index >= 15 is 0 Å². The van der Waals surface area contributed by atoms with Crippen LogP contribution in [0.4, 0.5) is 0 Å². The highest BCUT2D eigenvalue weighted by molar-refractivity contribution is 5.75. The van der Waals surface area contributed by atoms with Crippen molar-refractivity contribution < 1.29 is 4.79 Å². The van der Waals surface area contributed by atoms with Gasteiger partial charge in [0.25, 0.3) is 0 Å². The maximum atomic E-state index is 11.7. The van der Waals surface area contributed by atoms with Crippen molar-refractivity contribution in [2.24, 2.45) is 5.73 Å². The van der Waals surface area contributed by atoms with Crippen molar-refractivity contribution in [1.29, 1.82) is 0 Å². The molecule has 1 fully saturated rings. The summed E-state index contributed by atoms with van der Waals surface area (Å²) in [5.41, 5.74) is 5.43. The number of rotatable bonds is 8. The van der Waals surface area contributed by atoms with E-state index in [0.717, 1.165) is 38.9 Å². The average Bonchev–Trinajstić information content (AvgIpc) is 2.37. The topological polar surface area (TPSA) is 58.4 Å². The molecule has 112 valence electrons. The Kier molecular flexibility index (Phi) is 9.72. The number of nitrogens with zero attached hydrogens (tertiary/aromatic N) is 1. The number of carbonyl (C=O) groups excluding carboxylic acids is 1. The second-order valence-electron chi connectivity index (χ2n) is 5.56. The van der Waals surface area contributed by atoms with Crippen LogP contribution < -0.4 is 11.1 Å². The van der Waals surface area contributed by atoms with Gasteiger partial charge >= 0.3 is 0 Å². The van der Waals surface area contributed by atoms with Crippen LogP contribution in [0.2, 0.25) is 0 Å². The predicted octanol–water partition coefficient (Wildman–Crippen LogP) is 1.89. The first-order valence-electron chi connectivity index (χ1n) is 8.02. The van der Waals surface area contributed by atoms with E-state index in [0.29, 0.717) is 6.42 Å². The van der Waals surface area contributed by atoms with Crippen LogP contribution in [-0.4, -0.2) is 43.5 Å². The summed E-state index contributed by atoms with van der Waals surface area (Å²) in [6.45, 7) is 4.82. The third-order valence-electron chi connectivity index (χ3n) is 3.81. The Hall–Kier alpha value is -0.610. The standard InChI is InChI=1S/C15H31N3O/c16-10-5-4-6-11-17-15(19)9-14-18-12-7-2-1-3-8-13-18/h1-14,16H2,(H,17,19). The summed E-state index contributed by atoms with van der Waals surface area (Å²) < 4.78 is 0. The molecule has 0 unspecified atom stereocenters. The Morgan fingerprint density at radius 2 is 1.68 bits per heavy atom. The highest BCUT2D eigenvalue weighted by Gasteiger charge is 2.09. The van der Waals surface area contributed by atoms with Gasteiger partial charge in [-0.05, 0) is 45.3 Å². The molecular formula is C15H31N3O. The maximum Gasteiger partial charge on any atom is 0.221 e. The molecule has 1 rings (SSSR count). The summed E-state index contributed by atoms with van der Waals surface area (Å²) >= 11 is 0. The lowest BCUT2D eigenvalue weighted by molar-refractivity contribution is -0.121. The fourth-order valence-corrected chi connectivity index (χ4v) is 2.56. The Morgan fingerprint density at radius 3 is 2.37 bits per heavy atom. The van der Waals surface area contributed by atoms with Gasteiger partial charge in [-0.2, -0.15) is 0 Å². The Bertz CT molecular complexity index is 225. The molecule has 0 aromatic rings. The molecule has 1 saturated heterocycles. The minimum atomic E-state index is 0.204. The van der Waals surface area contributed by atoms with E-state index in [-0.39, 0.29) is 5.91 Å². The van der Waals surface area contributed by atoms with E-state index in [4.69, 9.17) is 5.73 Å². The molecule has 0 bridgehead atoms. The van der Waals surface area contributed by atoms with Crippen molar-refractivity contribution in [1.82, 2.24) is 10.2 Å². The van der Waals surface area contributed by atoms with Gasteiger partial charge in [0.05, 0.1) is 0 Å². The van der Waals surface area contributed by atoms with Crippen LogP contribution in [0.3, 0.4) is 0 Å². The van der Waals surface area contributed by atoms with Crippen molar-refractivity contribution in [3.8, 4) is 0 Å². The van der Waals surface area contributed by atoms with Crippen molar-refractivity contribution >= 4 is 5.91 Å². The number of hydrogen-bond donors (Lipinski definition) is 2. The minimum absolute atomic E-state index is 0.204. The third kappa shape index (κ3) is 9.00. The molecule has 4 nitrogen and oxygen atoms in total. The first-order chi connectivity index (χ1) is 9.33. The molecule has 0 atom stereocenters. The molecule has 1 heterocycles. The number of amides is 1. The molecule has 0 saturated carbocycles. The monoisotopic (exact) mass is 269 g/mol. The van der Waals surface area contributed by atoms with E-state index in [1.165, 1.54) is 45.2 Å². The molecule has 19 heavy (non-hydrogen) atoms. The van der Waals surface area contributed by atoms with Crippen molar-refractivity contribution in [2.75, 3.05) is 32.7 Å². The normalized spacial score (nSPS) is 17.7. The van der Waals surface area contributed by atoms with Crippen LogP contribution in [0, 0.1) is 0 Å². The predicted molar refractivity (Wildman–Crippen MR) is 80.1 cm³/mol. The molecule has 1 aliphatic rings. The number of unbranched alkanes of at least 4 members (excludes halogenated alkanes) is 2. The van der Waals surface area contributed by atoms with Crippen LogP contribution in [-0.2, 0) is 4.79 Å². The zero-order valence-corrected chi connectivity index (χ0v) is 12.3. The SMILES string of the molecule is NCCCCCNC(=O)CCN1CCCCCCC1. The lowest BCUT2D eigenvalue weighted by atomic mass is 10.1. The molecule has 0 aromatic carbocycles. The van der Waals surface area contributed by atoms with Crippen molar-refractivity contribution in [3.63, 3.8) is 0 Å². The van der Waals surface area contributed by atoms with Crippen LogP contribution in [0.5, 0.6) is 0 Å². The van der Waals surface area contributed by atoms with Crippen molar-refractivity contribution in [3.05, 3.63) is 0 Å². The number of nitrogens with two attached hydrogens (primary N) is 1. The average molecular weight is 269 g/mol. The quantitative estimate of drug-likeness (QED) is 0.662. The van der Waals surface area contributed by atoms with Gasteiger partial charge < -0.3 is 16.0 Å². The van der Waals surface area contributed by atoms with Crippen LogP contribution in [0.25, 0.3) is 0 Å². The molecule has 4 heteroatoms. The van der Waals surface area contributed by atoms with Gasteiger partial charge in [0.15, 0.2) is 0 Å². The minimum Gasteiger partial charge on any atom is -0.356 e. The van der Waals surface area contributed by atoms with Gasteiger partial charge in [0, 0.05) is 19.5 Å². The highest BCUT2D eigenvalue weighted by Crippen LogP contribution is 2.10. The van der Waals surface area contributed by atoms with Gasteiger partial charge in [-0.15, -0.1) is 0 Å². The largest absolute Gasteiger partial charge is 0.356 e. The van der Waals surface area contributed by atoms with Crippen molar-refractivity contribution in [2.45, 2.75) is 57.8 Å². The van der Waals surface area contributed by atoms with Crippen LogP contribution in [0.1, 0.15) is 57.8 Å². The molecule has 0 aromatic heterocycles. The summed E-state index contributed by atoms with van der Waals surface area (Å²) in [6, 6.07) is 0. The van der Waals surface area contributed by atoms with E-state index in [1.54, 1.807) is 0 Å². The van der Waals surface area contributed by atoms with E-state index in [2.05, 4.69) is 10.2 Å². The lowest BCUT2D eigenvalue weighted by Crippen LogP contribution is -2.33. The number of carbonyl (C=O) groups is 1. The third-order valence-corrected chi connectivity index (χ3v) is 3.81. The Balaban J connectivity index is 2.01. The fourth-order valence-electron chi connectivity index (χ4n) is 2.56. The molecule has 0 spiro atoms. The van der Waals surface area contributed by atoms with Crippen LogP contribution in [0.15, 0.2) is 0 Å². The van der Waals surface area contributed by atoms with Gasteiger partial charge in [-0.3, -0.25) is 4.79 Å². The second-order valence-corrected chi connectivity index (χ2v) is 5.56. The summed E-state index contributed by atoms with van der Waals surface area (Å²) in [7, 11) is 0. The first kappa shape index (κ1) is 16.4. The molecule has 1 amide bonds. The van der Waals surface area contributed by atoms with Gasteiger partial charge in [0.2, 0.25) is 5.91 Å². The zero-order valence-electron chi connectivity index (χ0n) is 12.3. The second kappa shape index (κ2) is 11.2. The van der Waals surface area contributed by atoms with E-state index < -0.39 is 0 Å². The summed E-state index contributed by atoms with van der Waals surface area (Å²) in [4.78, 5) is 14.2. The van der Waals surface area contributed by atoms with E-state index in [1.807, 2.05) is 0 Å². The molecule has 0 radical (unpaired) electrons. The summed E-state index contributed by atoms with van der Waals surface area (Å²) in [5.74, 6) is 0.204. The fraction of sp³-hybridized carbons (Fsp3) is 0.933. The van der Waals surface area contributed by atoms with E-state index in [9.17, 15) is 4.79 Å². The highest BCUT2D eigenvalue weighted by atomic mass is 16.1. The van der Waals surface area contributed by atoms with Gasteiger partial charge in [0.1, 0.15) is 0 Å². The van der Waals surface area contributed by atoms with Crippen LogP contribution >= 0.6 is 0 Å². The lowest BCUT2D eigenvalue weighted by Gasteiger charge is -2.24. The Labute approximate surface area is 118 Å². The summed E-state index contributed by atoms with van der Waals surface area (Å²) in [5, 5.41) is 3.00. The molecule has 1 aliphatic heterocycles. The number of nitrogens with one attached hydrogen (secondary N) is 1. The first-order valence-corrected chi connectivity index (χ1v) is 8.02. The number of hydrogen-bond acceptors (Lipinski definition) is 3. The molecular weight excluding hydrogens is 238 g/mol. The molecule has 0 aliphatic carbocycles. The molecule has 3 N–H and O–H groups in total. The van der Waals surface area contributed by atoms with Gasteiger partial charge in [-0.1, -0.05) is 25.7 Å². The summed E-state index contributed by atoms with van der Waals surface area (Å²) in [6.07, 6.45) is 10.5.